The van der Waals surface area contributed by atoms with Gasteiger partial charge in [0, 0.05) is 24.4 Å². The number of hydrogen-bond acceptors (Lipinski definition) is 4. The van der Waals surface area contributed by atoms with Gasteiger partial charge in [0.1, 0.15) is 5.69 Å². The van der Waals surface area contributed by atoms with Crippen molar-refractivity contribution in [1.82, 2.24) is 15.2 Å². The van der Waals surface area contributed by atoms with Crippen molar-refractivity contribution in [2.24, 2.45) is 5.92 Å². The van der Waals surface area contributed by atoms with Crippen LogP contribution >= 0.6 is 11.3 Å². The van der Waals surface area contributed by atoms with Crippen LogP contribution in [-0.2, 0) is 4.79 Å². The Morgan fingerprint density at radius 1 is 1.61 bits per heavy atom. The number of aromatic nitrogens is 1. The van der Waals surface area contributed by atoms with E-state index in [1.807, 2.05) is 4.90 Å². The first kappa shape index (κ1) is 11.6. The third-order valence-electron chi connectivity index (χ3n) is 3.63. The average Bonchev–Trinajstić information content (AvgIpc) is 2.80. The quantitative estimate of drug-likeness (QED) is 0.882. The second kappa shape index (κ2) is 4.35. The summed E-state index contributed by atoms with van der Waals surface area (Å²) < 4.78 is 0. The fourth-order valence-electron chi connectivity index (χ4n) is 2.47. The molecular weight excluding hydrogens is 250 g/mol. The summed E-state index contributed by atoms with van der Waals surface area (Å²) in [6, 6.07) is 0.332. The van der Waals surface area contributed by atoms with Gasteiger partial charge in [0.05, 0.1) is 11.6 Å². The highest BCUT2D eigenvalue weighted by Gasteiger charge is 2.44. The lowest BCUT2D eigenvalue weighted by molar-refractivity contribution is -0.128. The van der Waals surface area contributed by atoms with Gasteiger partial charge in [-0.1, -0.05) is 6.92 Å². The molecule has 0 unspecified atom stereocenters. The molecular formula is C12H15N3O2S. The maximum absolute atomic E-state index is 11.8. The molecule has 1 aromatic rings. The number of thiazole rings is 1. The largest absolute Gasteiger partial charge is 0.346 e. The molecule has 2 fully saturated rings. The lowest BCUT2D eigenvalue weighted by Gasteiger charge is -2.16. The smallest absolute Gasteiger partial charge is 0.271 e. The predicted octanol–water partition coefficient (Wildman–Crippen LogP) is 0.882. The Morgan fingerprint density at radius 2 is 2.39 bits per heavy atom. The monoisotopic (exact) mass is 265 g/mol. The first-order valence-corrected chi connectivity index (χ1v) is 7.08. The molecule has 0 radical (unpaired) electrons. The standard InChI is InChI=1S/C12H15N3O2S/c1-7-2-10(7)15-4-8(3-11(15)16)14-12(17)9-5-18-6-13-9/h5-8,10H,2-4H2,1H3,(H,14,17)/t7-,8-,10-/m1/s1. The number of amides is 2. The number of hydrogen-bond donors (Lipinski definition) is 1. The van der Waals surface area contributed by atoms with Crippen LogP contribution in [0.15, 0.2) is 10.9 Å². The molecule has 6 heteroatoms. The van der Waals surface area contributed by atoms with Crippen molar-refractivity contribution in [3.05, 3.63) is 16.6 Å². The molecule has 1 aromatic heterocycles. The second-order valence-electron chi connectivity index (χ2n) is 5.07. The Balaban J connectivity index is 1.59. The molecule has 1 saturated heterocycles. The van der Waals surface area contributed by atoms with Gasteiger partial charge in [-0.3, -0.25) is 9.59 Å². The highest BCUT2D eigenvalue weighted by atomic mass is 32.1. The Bertz CT molecular complexity index is 474. The second-order valence-corrected chi connectivity index (χ2v) is 5.79. The third kappa shape index (κ3) is 2.12. The molecule has 1 aliphatic carbocycles. The van der Waals surface area contributed by atoms with E-state index in [9.17, 15) is 9.59 Å². The molecule has 1 N–H and O–H groups in total. The SMILES string of the molecule is C[C@@H]1C[C@H]1N1C[C@H](NC(=O)c2cscn2)CC1=O. The van der Waals surface area contributed by atoms with E-state index < -0.39 is 0 Å². The van der Waals surface area contributed by atoms with Gasteiger partial charge in [0.2, 0.25) is 5.91 Å². The van der Waals surface area contributed by atoms with Crippen LogP contribution in [0.5, 0.6) is 0 Å². The number of rotatable bonds is 3. The zero-order valence-corrected chi connectivity index (χ0v) is 10.9. The number of carbonyl (C=O) groups excluding carboxylic acids is 2. The van der Waals surface area contributed by atoms with E-state index in [-0.39, 0.29) is 17.9 Å². The lowest BCUT2D eigenvalue weighted by atomic mass is 10.2. The van der Waals surface area contributed by atoms with E-state index in [4.69, 9.17) is 0 Å². The van der Waals surface area contributed by atoms with Crippen molar-refractivity contribution in [3.8, 4) is 0 Å². The number of likely N-dealkylation sites (tertiary alicyclic amines) is 1. The first-order chi connectivity index (χ1) is 8.65. The van der Waals surface area contributed by atoms with Crippen LogP contribution in [0.25, 0.3) is 0 Å². The van der Waals surface area contributed by atoms with Crippen molar-refractivity contribution >= 4 is 23.2 Å². The van der Waals surface area contributed by atoms with E-state index >= 15 is 0 Å². The molecule has 96 valence electrons. The summed E-state index contributed by atoms with van der Waals surface area (Å²) in [5.74, 6) is 0.592. The van der Waals surface area contributed by atoms with Crippen molar-refractivity contribution < 1.29 is 9.59 Å². The van der Waals surface area contributed by atoms with Crippen molar-refractivity contribution in [3.63, 3.8) is 0 Å². The molecule has 1 aliphatic heterocycles. The summed E-state index contributed by atoms with van der Waals surface area (Å²) >= 11 is 1.39. The van der Waals surface area contributed by atoms with Gasteiger partial charge in [-0.2, -0.15) is 0 Å². The highest BCUT2D eigenvalue weighted by molar-refractivity contribution is 7.07. The minimum Gasteiger partial charge on any atom is -0.346 e. The highest BCUT2D eigenvalue weighted by Crippen LogP contribution is 2.37. The summed E-state index contributed by atoms with van der Waals surface area (Å²) in [5.41, 5.74) is 2.07. The fourth-order valence-corrected chi connectivity index (χ4v) is 3.00. The maximum Gasteiger partial charge on any atom is 0.271 e. The topological polar surface area (TPSA) is 62.3 Å². The molecule has 0 spiro atoms. The Morgan fingerprint density at radius 3 is 3.00 bits per heavy atom. The van der Waals surface area contributed by atoms with E-state index in [0.29, 0.717) is 30.6 Å². The van der Waals surface area contributed by atoms with E-state index in [2.05, 4.69) is 17.2 Å². The third-order valence-corrected chi connectivity index (χ3v) is 4.21. The van der Waals surface area contributed by atoms with Crippen LogP contribution in [0.2, 0.25) is 0 Å². The molecule has 5 nitrogen and oxygen atoms in total. The van der Waals surface area contributed by atoms with Gasteiger partial charge >= 0.3 is 0 Å². The van der Waals surface area contributed by atoms with Gasteiger partial charge in [0.15, 0.2) is 0 Å². The van der Waals surface area contributed by atoms with Crippen molar-refractivity contribution in [2.75, 3.05) is 6.54 Å². The molecule has 0 bridgehead atoms. The molecule has 18 heavy (non-hydrogen) atoms. The minimum atomic E-state index is -0.181. The molecule has 3 atom stereocenters. The molecule has 2 aliphatic rings. The van der Waals surface area contributed by atoms with Crippen LogP contribution in [0.1, 0.15) is 30.3 Å². The van der Waals surface area contributed by atoms with Crippen LogP contribution in [-0.4, -0.2) is 40.3 Å². The van der Waals surface area contributed by atoms with Crippen LogP contribution in [0.3, 0.4) is 0 Å². The first-order valence-electron chi connectivity index (χ1n) is 6.13. The fraction of sp³-hybridized carbons (Fsp3) is 0.583. The number of nitrogens with zero attached hydrogens (tertiary/aromatic N) is 2. The summed E-state index contributed by atoms with van der Waals surface area (Å²) in [7, 11) is 0. The minimum absolute atomic E-state index is 0.0699. The summed E-state index contributed by atoms with van der Waals surface area (Å²) in [6.07, 6.45) is 1.51. The van der Waals surface area contributed by atoms with Crippen LogP contribution in [0.4, 0.5) is 0 Å². The molecule has 0 aromatic carbocycles. The zero-order valence-electron chi connectivity index (χ0n) is 10.1. The van der Waals surface area contributed by atoms with Gasteiger partial charge in [-0.05, 0) is 12.3 Å². The molecule has 3 rings (SSSR count). The van der Waals surface area contributed by atoms with E-state index in [0.717, 1.165) is 6.42 Å². The summed E-state index contributed by atoms with van der Waals surface area (Å²) in [5, 5.41) is 4.60. The van der Waals surface area contributed by atoms with Crippen LogP contribution < -0.4 is 5.32 Å². The van der Waals surface area contributed by atoms with Gasteiger partial charge in [0.25, 0.3) is 5.91 Å². The molecule has 2 amide bonds. The Kier molecular flexibility index (Phi) is 2.81. The summed E-state index contributed by atoms with van der Waals surface area (Å²) in [4.78, 5) is 29.5. The van der Waals surface area contributed by atoms with Crippen molar-refractivity contribution in [1.29, 1.82) is 0 Å². The van der Waals surface area contributed by atoms with Gasteiger partial charge < -0.3 is 10.2 Å². The average molecular weight is 265 g/mol. The summed E-state index contributed by atoms with van der Waals surface area (Å²) in [6.45, 7) is 2.79. The van der Waals surface area contributed by atoms with Gasteiger partial charge in [-0.25, -0.2) is 4.98 Å². The number of carbonyl (C=O) groups is 2. The molecule has 1 saturated carbocycles. The van der Waals surface area contributed by atoms with Gasteiger partial charge in [-0.15, -0.1) is 11.3 Å². The maximum atomic E-state index is 11.8. The van der Waals surface area contributed by atoms with Crippen molar-refractivity contribution in [2.45, 2.75) is 31.8 Å². The Labute approximate surface area is 109 Å². The van der Waals surface area contributed by atoms with E-state index in [1.54, 1.807) is 10.9 Å². The van der Waals surface area contributed by atoms with E-state index in [1.165, 1.54) is 11.3 Å². The number of nitrogens with one attached hydrogen (secondary N) is 1. The molecule has 2 heterocycles. The lowest BCUT2D eigenvalue weighted by Crippen LogP contribution is -2.38. The van der Waals surface area contributed by atoms with Crippen LogP contribution in [0, 0.1) is 5.92 Å². The zero-order chi connectivity index (χ0) is 12.7. The predicted molar refractivity (Wildman–Crippen MR) is 67.3 cm³/mol. The Hall–Kier alpha value is -1.43. The normalized spacial score (nSPS) is 30.6.